The molecule has 2 aromatic rings. The van der Waals surface area contributed by atoms with E-state index in [-0.39, 0.29) is 11.9 Å². The summed E-state index contributed by atoms with van der Waals surface area (Å²) in [7, 11) is 0. The number of aromatic nitrogens is 2. The highest BCUT2D eigenvalue weighted by molar-refractivity contribution is 7.19. The molecule has 1 aliphatic rings. The van der Waals surface area contributed by atoms with Crippen molar-refractivity contribution in [3.05, 3.63) is 21.9 Å². The first-order valence-electron chi connectivity index (χ1n) is 6.28. The van der Waals surface area contributed by atoms with E-state index in [4.69, 9.17) is 16.3 Å². The molecule has 3 rings (SSSR count). The molecule has 0 bridgehead atoms. The molecule has 0 aliphatic heterocycles. The maximum absolute atomic E-state index is 11.8. The van der Waals surface area contributed by atoms with Gasteiger partial charge in [-0.15, -0.1) is 11.3 Å². The maximum atomic E-state index is 11.8. The Bertz CT molecular complexity index is 641. The Hall–Kier alpha value is -1.20. The van der Waals surface area contributed by atoms with E-state index in [0.29, 0.717) is 11.8 Å². The fourth-order valence-electron chi connectivity index (χ4n) is 2.53. The summed E-state index contributed by atoms with van der Waals surface area (Å²) in [4.78, 5) is 22.2. The summed E-state index contributed by atoms with van der Waals surface area (Å²) in [6, 6.07) is 0. The van der Waals surface area contributed by atoms with E-state index in [1.165, 1.54) is 16.8 Å². The second-order valence-corrected chi connectivity index (χ2v) is 5.98. The van der Waals surface area contributed by atoms with Gasteiger partial charge in [0, 0.05) is 4.88 Å². The average molecular weight is 297 g/mol. The van der Waals surface area contributed by atoms with Gasteiger partial charge in [-0.2, -0.15) is 0 Å². The second-order valence-electron chi connectivity index (χ2n) is 4.54. The highest BCUT2D eigenvalue weighted by Gasteiger charge is 2.29. The quantitative estimate of drug-likeness (QED) is 0.631. The fraction of sp³-hybridized carbons (Fsp3) is 0.462. The van der Waals surface area contributed by atoms with Gasteiger partial charge in [0.15, 0.2) is 0 Å². The zero-order valence-electron chi connectivity index (χ0n) is 10.5. The molecule has 2 heterocycles. The Balaban J connectivity index is 1.96. The molecule has 100 valence electrons. The lowest BCUT2D eigenvalue weighted by molar-refractivity contribution is -0.148. The van der Waals surface area contributed by atoms with Gasteiger partial charge in [0.1, 0.15) is 16.3 Å². The molecule has 1 aliphatic carbocycles. The van der Waals surface area contributed by atoms with Gasteiger partial charge in [-0.1, -0.05) is 11.6 Å². The maximum Gasteiger partial charge on any atom is 0.309 e. The Morgan fingerprint density at radius 1 is 1.58 bits per heavy atom. The van der Waals surface area contributed by atoms with Crippen molar-refractivity contribution in [1.82, 2.24) is 9.97 Å². The van der Waals surface area contributed by atoms with Crippen LogP contribution in [0.5, 0.6) is 0 Å². The average Bonchev–Trinajstić information content (AvgIpc) is 2.77. The van der Waals surface area contributed by atoms with Crippen LogP contribution in [0.4, 0.5) is 0 Å². The van der Waals surface area contributed by atoms with Crippen molar-refractivity contribution < 1.29 is 9.53 Å². The van der Waals surface area contributed by atoms with E-state index < -0.39 is 0 Å². The minimum absolute atomic E-state index is 0.0350. The van der Waals surface area contributed by atoms with Crippen molar-refractivity contribution in [3.63, 3.8) is 0 Å². The Morgan fingerprint density at radius 3 is 3.21 bits per heavy atom. The third kappa shape index (κ3) is 2.21. The van der Waals surface area contributed by atoms with Gasteiger partial charge in [-0.25, -0.2) is 9.97 Å². The molecule has 0 fully saturated rings. The number of carbonyl (C=O) groups excluding carboxylic acids is 1. The number of nitrogens with zero attached hydrogens (tertiary/aromatic N) is 2. The minimum Gasteiger partial charge on any atom is -0.466 e. The summed E-state index contributed by atoms with van der Waals surface area (Å²) in [6.45, 7) is 2.27. The van der Waals surface area contributed by atoms with Crippen LogP contribution in [-0.2, 0) is 22.4 Å². The highest BCUT2D eigenvalue weighted by atomic mass is 35.5. The first-order chi connectivity index (χ1) is 9.20. The van der Waals surface area contributed by atoms with Crippen molar-refractivity contribution in [2.45, 2.75) is 26.2 Å². The zero-order valence-corrected chi connectivity index (χ0v) is 12.1. The largest absolute Gasteiger partial charge is 0.466 e. The monoisotopic (exact) mass is 296 g/mol. The minimum atomic E-state index is -0.0946. The third-order valence-electron chi connectivity index (χ3n) is 3.42. The smallest absolute Gasteiger partial charge is 0.309 e. The van der Waals surface area contributed by atoms with Crippen LogP contribution in [0.25, 0.3) is 10.2 Å². The number of hydrogen-bond acceptors (Lipinski definition) is 5. The number of fused-ring (bicyclic) bond motifs is 3. The first kappa shape index (κ1) is 12.8. The summed E-state index contributed by atoms with van der Waals surface area (Å²) in [5.41, 5.74) is 1.21. The lowest BCUT2D eigenvalue weighted by Crippen LogP contribution is -2.23. The number of thiophene rings is 1. The molecule has 0 radical (unpaired) electrons. The molecule has 0 saturated carbocycles. The van der Waals surface area contributed by atoms with Crippen molar-refractivity contribution in [1.29, 1.82) is 0 Å². The number of carbonyl (C=O) groups is 1. The molecule has 0 saturated heterocycles. The Morgan fingerprint density at radius 2 is 2.42 bits per heavy atom. The molecular weight excluding hydrogens is 284 g/mol. The number of esters is 1. The summed E-state index contributed by atoms with van der Waals surface area (Å²) < 4.78 is 5.11. The van der Waals surface area contributed by atoms with Crippen LogP contribution in [-0.4, -0.2) is 22.5 Å². The van der Waals surface area contributed by atoms with Crippen molar-refractivity contribution in [2.75, 3.05) is 6.61 Å². The first-order valence-corrected chi connectivity index (χ1v) is 7.47. The van der Waals surface area contributed by atoms with Gasteiger partial charge >= 0.3 is 5.97 Å². The van der Waals surface area contributed by atoms with Gasteiger partial charge in [0.25, 0.3) is 0 Å². The lowest BCUT2D eigenvalue weighted by atomic mass is 9.88. The normalized spacial score (nSPS) is 18.3. The van der Waals surface area contributed by atoms with Crippen LogP contribution < -0.4 is 0 Å². The standard InChI is InChI=1S/C13H13ClN2O2S/c1-2-18-13(17)7-3-4-8-9(5-7)19-12-10(8)11(14)15-6-16-12/h6-7H,2-5H2,1H3/t7-/m1/s1. The molecule has 0 spiro atoms. The van der Waals surface area contributed by atoms with Crippen LogP contribution in [0.2, 0.25) is 5.15 Å². The van der Waals surface area contributed by atoms with Crippen LogP contribution in [0.1, 0.15) is 23.8 Å². The van der Waals surface area contributed by atoms with Gasteiger partial charge in [0.05, 0.1) is 17.9 Å². The molecular formula is C13H13ClN2O2S. The fourth-order valence-corrected chi connectivity index (χ4v) is 4.10. The molecule has 0 aromatic carbocycles. The van der Waals surface area contributed by atoms with Crippen molar-refractivity contribution >= 4 is 39.1 Å². The van der Waals surface area contributed by atoms with Crippen LogP contribution >= 0.6 is 22.9 Å². The SMILES string of the molecule is CCOC(=O)[C@@H]1CCc2c(sc3ncnc(Cl)c23)C1. The third-order valence-corrected chi connectivity index (χ3v) is 4.87. The molecule has 1 atom stereocenters. The van der Waals surface area contributed by atoms with Gasteiger partial charge in [0.2, 0.25) is 0 Å². The van der Waals surface area contributed by atoms with E-state index in [2.05, 4.69) is 9.97 Å². The van der Waals surface area contributed by atoms with Crippen LogP contribution in [0.15, 0.2) is 6.33 Å². The number of aryl methyl sites for hydroxylation is 1. The lowest BCUT2D eigenvalue weighted by Gasteiger charge is -2.20. The van der Waals surface area contributed by atoms with E-state index in [1.807, 2.05) is 6.92 Å². The molecule has 0 unspecified atom stereocenters. The summed E-state index contributed by atoms with van der Waals surface area (Å²) in [5.74, 6) is -0.130. The van der Waals surface area contributed by atoms with Gasteiger partial charge in [-0.3, -0.25) is 4.79 Å². The van der Waals surface area contributed by atoms with E-state index in [0.717, 1.165) is 29.5 Å². The number of halogens is 1. The Kier molecular flexibility index (Phi) is 3.41. The summed E-state index contributed by atoms with van der Waals surface area (Å²) >= 11 is 7.76. The molecule has 6 heteroatoms. The van der Waals surface area contributed by atoms with Gasteiger partial charge in [-0.05, 0) is 31.7 Å². The van der Waals surface area contributed by atoms with Gasteiger partial charge < -0.3 is 4.74 Å². The topological polar surface area (TPSA) is 52.1 Å². The van der Waals surface area contributed by atoms with Crippen LogP contribution in [0.3, 0.4) is 0 Å². The van der Waals surface area contributed by atoms with E-state index in [1.54, 1.807) is 11.3 Å². The molecule has 19 heavy (non-hydrogen) atoms. The number of ether oxygens (including phenoxy) is 1. The summed E-state index contributed by atoms with van der Waals surface area (Å²) in [6.07, 6.45) is 3.86. The molecule has 2 aromatic heterocycles. The predicted octanol–water partition coefficient (Wildman–Crippen LogP) is 3.01. The number of rotatable bonds is 2. The van der Waals surface area contributed by atoms with E-state index >= 15 is 0 Å². The second kappa shape index (κ2) is 5.06. The number of hydrogen-bond donors (Lipinski definition) is 0. The molecule has 0 amide bonds. The van der Waals surface area contributed by atoms with Crippen LogP contribution in [0, 0.1) is 5.92 Å². The summed E-state index contributed by atoms with van der Waals surface area (Å²) in [5, 5.41) is 1.48. The predicted molar refractivity (Wildman–Crippen MR) is 74.6 cm³/mol. The highest BCUT2D eigenvalue weighted by Crippen LogP contribution is 2.39. The molecule has 4 nitrogen and oxygen atoms in total. The molecule has 0 N–H and O–H groups in total. The van der Waals surface area contributed by atoms with Crippen molar-refractivity contribution in [3.8, 4) is 0 Å². The van der Waals surface area contributed by atoms with E-state index in [9.17, 15) is 4.79 Å². The zero-order chi connectivity index (χ0) is 13.4. The van der Waals surface area contributed by atoms with Crippen molar-refractivity contribution in [2.24, 2.45) is 5.92 Å². The Labute approximate surface area is 119 Å².